The molecule has 0 atom stereocenters. The van der Waals surface area contributed by atoms with Gasteiger partial charge in [-0.3, -0.25) is 10.1 Å². The summed E-state index contributed by atoms with van der Waals surface area (Å²) in [4.78, 5) is 20.3. The standard InChI is InChI=1S/C15H17N7O/c1-9(2)11-6-4-5-7-12(11)22-10(3)18-13(21-22)14(23)19-15-16-8-17-20-15/h4-9H,1-3H3,(H2,16,17,19,20,23). The maximum Gasteiger partial charge on any atom is 0.297 e. The first kappa shape index (κ1) is 14.9. The maximum atomic E-state index is 12.2. The van der Waals surface area contributed by atoms with Crippen LogP contribution in [0.15, 0.2) is 30.6 Å². The van der Waals surface area contributed by atoms with Crippen molar-refractivity contribution in [3.05, 3.63) is 47.8 Å². The van der Waals surface area contributed by atoms with Gasteiger partial charge in [-0.25, -0.2) is 14.8 Å². The number of aromatic nitrogens is 6. The molecule has 0 aliphatic rings. The van der Waals surface area contributed by atoms with E-state index in [9.17, 15) is 4.79 Å². The number of hydrogen-bond acceptors (Lipinski definition) is 5. The molecular formula is C15H17N7O. The van der Waals surface area contributed by atoms with E-state index in [-0.39, 0.29) is 11.8 Å². The third kappa shape index (κ3) is 2.96. The largest absolute Gasteiger partial charge is 0.297 e. The lowest BCUT2D eigenvalue weighted by atomic mass is 10.0. The van der Waals surface area contributed by atoms with E-state index in [1.807, 2.05) is 25.1 Å². The second-order valence-corrected chi connectivity index (χ2v) is 5.40. The van der Waals surface area contributed by atoms with E-state index in [0.717, 1.165) is 11.3 Å². The van der Waals surface area contributed by atoms with Gasteiger partial charge in [-0.2, -0.15) is 10.1 Å². The van der Waals surface area contributed by atoms with Gasteiger partial charge in [-0.1, -0.05) is 32.0 Å². The van der Waals surface area contributed by atoms with Crippen LogP contribution in [0.2, 0.25) is 0 Å². The summed E-state index contributed by atoms with van der Waals surface area (Å²) in [5.74, 6) is 0.872. The highest BCUT2D eigenvalue weighted by atomic mass is 16.2. The molecule has 3 rings (SSSR count). The molecule has 118 valence electrons. The fourth-order valence-corrected chi connectivity index (χ4v) is 2.31. The topological polar surface area (TPSA) is 101 Å². The number of aromatic amines is 1. The molecule has 0 unspecified atom stereocenters. The predicted molar refractivity (Wildman–Crippen MR) is 84.5 cm³/mol. The Morgan fingerprint density at radius 3 is 2.78 bits per heavy atom. The molecule has 0 radical (unpaired) electrons. The molecule has 2 N–H and O–H groups in total. The van der Waals surface area contributed by atoms with Gasteiger partial charge in [0.25, 0.3) is 5.91 Å². The van der Waals surface area contributed by atoms with Crippen LogP contribution in [0.1, 0.15) is 41.8 Å². The Bertz CT molecular complexity index is 820. The number of carbonyl (C=O) groups excluding carboxylic acids is 1. The van der Waals surface area contributed by atoms with Crippen LogP contribution < -0.4 is 5.32 Å². The molecule has 2 heterocycles. The van der Waals surface area contributed by atoms with E-state index in [2.05, 4.69) is 50.5 Å². The molecule has 0 aliphatic carbocycles. The molecule has 0 saturated heterocycles. The van der Waals surface area contributed by atoms with Crippen molar-refractivity contribution in [2.75, 3.05) is 5.32 Å². The second kappa shape index (κ2) is 5.99. The minimum atomic E-state index is -0.439. The SMILES string of the molecule is Cc1nc(C(=O)Nc2ncn[nH]2)nn1-c1ccccc1C(C)C. The number of carbonyl (C=O) groups is 1. The van der Waals surface area contributed by atoms with Crippen LogP contribution in [0.25, 0.3) is 5.69 Å². The summed E-state index contributed by atoms with van der Waals surface area (Å²) in [6.45, 7) is 6.04. The molecule has 0 saturated carbocycles. The number of anilines is 1. The Hall–Kier alpha value is -3.03. The van der Waals surface area contributed by atoms with E-state index >= 15 is 0 Å². The molecular weight excluding hydrogens is 294 g/mol. The molecule has 2 aromatic heterocycles. The number of benzene rings is 1. The van der Waals surface area contributed by atoms with Gasteiger partial charge >= 0.3 is 0 Å². The lowest BCUT2D eigenvalue weighted by Gasteiger charge is -2.12. The monoisotopic (exact) mass is 311 g/mol. The van der Waals surface area contributed by atoms with Crippen molar-refractivity contribution in [2.24, 2.45) is 0 Å². The normalized spacial score (nSPS) is 11.0. The zero-order valence-electron chi connectivity index (χ0n) is 13.1. The summed E-state index contributed by atoms with van der Waals surface area (Å²) in [7, 11) is 0. The van der Waals surface area contributed by atoms with Crippen molar-refractivity contribution in [3.8, 4) is 5.69 Å². The third-order valence-electron chi connectivity index (χ3n) is 3.41. The molecule has 0 aliphatic heterocycles. The minimum absolute atomic E-state index is 0.0810. The van der Waals surface area contributed by atoms with Crippen LogP contribution in [0.5, 0.6) is 0 Å². The quantitative estimate of drug-likeness (QED) is 0.768. The highest BCUT2D eigenvalue weighted by Crippen LogP contribution is 2.23. The van der Waals surface area contributed by atoms with Crippen molar-refractivity contribution in [1.82, 2.24) is 29.9 Å². The van der Waals surface area contributed by atoms with E-state index in [0.29, 0.717) is 11.7 Å². The molecule has 1 aromatic carbocycles. The predicted octanol–water partition coefficient (Wildman–Crippen LogP) is 2.07. The zero-order chi connectivity index (χ0) is 16.4. The molecule has 0 bridgehead atoms. The molecule has 1 amide bonds. The number of nitrogens with one attached hydrogen (secondary N) is 2. The van der Waals surface area contributed by atoms with Crippen LogP contribution in [0.4, 0.5) is 5.95 Å². The van der Waals surface area contributed by atoms with Crippen LogP contribution >= 0.6 is 0 Å². The summed E-state index contributed by atoms with van der Waals surface area (Å²) >= 11 is 0. The van der Waals surface area contributed by atoms with Gasteiger partial charge in [0.2, 0.25) is 11.8 Å². The van der Waals surface area contributed by atoms with Crippen molar-refractivity contribution in [3.63, 3.8) is 0 Å². The molecule has 3 aromatic rings. The van der Waals surface area contributed by atoms with Gasteiger partial charge in [0.15, 0.2) is 0 Å². The van der Waals surface area contributed by atoms with Crippen molar-refractivity contribution < 1.29 is 4.79 Å². The molecule has 8 nitrogen and oxygen atoms in total. The highest BCUT2D eigenvalue weighted by molar-refractivity contribution is 6.00. The van der Waals surface area contributed by atoms with Crippen LogP contribution in [0.3, 0.4) is 0 Å². The first-order valence-corrected chi connectivity index (χ1v) is 7.26. The zero-order valence-corrected chi connectivity index (χ0v) is 13.1. The van der Waals surface area contributed by atoms with Gasteiger partial charge in [-0.15, -0.1) is 5.10 Å². The fraction of sp³-hybridized carbons (Fsp3) is 0.267. The third-order valence-corrected chi connectivity index (χ3v) is 3.41. The van der Waals surface area contributed by atoms with Crippen molar-refractivity contribution >= 4 is 11.9 Å². The molecule has 8 heteroatoms. The lowest BCUT2D eigenvalue weighted by Crippen LogP contribution is -2.15. The highest BCUT2D eigenvalue weighted by Gasteiger charge is 2.18. The van der Waals surface area contributed by atoms with Crippen molar-refractivity contribution in [2.45, 2.75) is 26.7 Å². The Morgan fingerprint density at radius 2 is 2.09 bits per heavy atom. The number of aryl methyl sites for hydroxylation is 1. The number of H-pyrrole nitrogens is 1. The van der Waals surface area contributed by atoms with E-state index in [1.54, 1.807) is 4.68 Å². The average molecular weight is 311 g/mol. The number of nitrogens with zero attached hydrogens (tertiary/aromatic N) is 5. The number of hydrogen-bond donors (Lipinski definition) is 2. The Kier molecular flexibility index (Phi) is 3.88. The lowest BCUT2D eigenvalue weighted by molar-refractivity contribution is 0.101. The van der Waals surface area contributed by atoms with E-state index < -0.39 is 5.91 Å². The summed E-state index contributed by atoms with van der Waals surface area (Å²) in [5, 5.41) is 13.1. The van der Waals surface area contributed by atoms with E-state index in [1.165, 1.54) is 6.33 Å². The molecule has 0 spiro atoms. The van der Waals surface area contributed by atoms with Gasteiger partial charge < -0.3 is 0 Å². The van der Waals surface area contributed by atoms with Crippen molar-refractivity contribution in [1.29, 1.82) is 0 Å². The summed E-state index contributed by atoms with van der Waals surface area (Å²) in [6.07, 6.45) is 1.31. The smallest absolute Gasteiger partial charge is 0.288 e. The van der Waals surface area contributed by atoms with E-state index in [4.69, 9.17) is 0 Å². The minimum Gasteiger partial charge on any atom is -0.288 e. The second-order valence-electron chi connectivity index (χ2n) is 5.40. The Balaban J connectivity index is 1.94. The first-order valence-electron chi connectivity index (χ1n) is 7.26. The average Bonchev–Trinajstić information content (AvgIpc) is 3.16. The maximum absolute atomic E-state index is 12.2. The Morgan fingerprint density at radius 1 is 1.30 bits per heavy atom. The van der Waals surface area contributed by atoms with Gasteiger partial charge in [0.1, 0.15) is 12.2 Å². The van der Waals surface area contributed by atoms with Gasteiger partial charge in [-0.05, 0) is 24.5 Å². The summed E-state index contributed by atoms with van der Waals surface area (Å²) < 4.78 is 1.69. The molecule has 0 fully saturated rings. The van der Waals surface area contributed by atoms with Crippen LogP contribution in [-0.4, -0.2) is 35.9 Å². The first-order chi connectivity index (χ1) is 11.1. The number of para-hydroxylation sites is 1. The summed E-state index contributed by atoms with van der Waals surface area (Å²) in [6, 6.07) is 7.95. The Labute approximate surface area is 133 Å². The van der Waals surface area contributed by atoms with Crippen LogP contribution in [-0.2, 0) is 0 Å². The summed E-state index contributed by atoms with van der Waals surface area (Å²) in [5.41, 5.74) is 2.06. The number of rotatable bonds is 4. The van der Waals surface area contributed by atoms with Gasteiger partial charge in [0, 0.05) is 0 Å². The van der Waals surface area contributed by atoms with Gasteiger partial charge in [0.05, 0.1) is 5.69 Å². The fourth-order valence-electron chi connectivity index (χ4n) is 2.31. The molecule has 23 heavy (non-hydrogen) atoms. The van der Waals surface area contributed by atoms with Crippen LogP contribution in [0, 0.1) is 6.92 Å². The number of amides is 1.